The van der Waals surface area contributed by atoms with Crippen molar-refractivity contribution in [3.63, 3.8) is 0 Å². The van der Waals surface area contributed by atoms with Gasteiger partial charge in [-0.1, -0.05) is 78.9 Å². The fourth-order valence-electron chi connectivity index (χ4n) is 5.35. The standard InChI is InChI=1S/C32H22F3IN4O2/c1-42-23-16-17-40-27(18-23)38-29(32(33,34)35)28(30(40)41)26-19-39(20-37-26)31(21-10-4-2-5-11-21,22-12-6-3-7-13-22)24-14-8-9-15-25(24)36/h2-20H,1H3. The van der Waals surface area contributed by atoms with E-state index in [4.69, 9.17) is 4.74 Å². The maximum Gasteiger partial charge on any atom is 0.434 e. The van der Waals surface area contributed by atoms with Gasteiger partial charge in [-0.15, -0.1) is 0 Å². The monoisotopic (exact) mass is 678 g/mol. The highest BCUT2D eigenvalue weighted by atomic mass is 127. The molecule has 6 rings (SSSR count). The van der Waals surface area contributed by atoms with Gasteiger partial charge in [0, 0.05) is 27.6 Å². The third kappa shape index (κ3) is 4.55. The number of halogens is 4. The van der Waals surface area contributed by atoms with Crippen LogP contribution in [-0.2, 0) is 11.7 Å². The molecule has 0 saturated carbocycles. The number of imidazole rings is 1. The summed E-state index contributed by atoms with van der Waals surface area (Å²) in [5.41, 5.74) is -1.59. The number of methoxy groups -OCH3 is 1. The van der Waals surface area contributed by atoms with Crippen LogP contribution in [0.25, 0.3) is 16.9 Å². The molecule has 0 N–H and O–H groups in total. The number of fused-ring (bicyclic) bond motifs is 1. The van der Waals surface area contributed by atoms with Gasteiger partial charge in [0.1, 0.15) is 16.9 Å². The number of rotatable bonds is 6. The number of alkyl halides is 3. The molecule has 210 valence electrons. The number of benzene rings is 3. The first-order valence-electron chi connectivity index (χ1n) is 12.8. The molecule has 0 fully saturated rings. The van der Waals surface area contributed by atoms with Crippen LogP contribution in [-0.4, -0.2) is 26.0 Å². The van der Waals surface area contributed by atoms with Gasteiger partial charge in [-0.2, -0.15) is 13.2 Å². The summed E-state index contributed by atoms with van der Waals surface area (Å²) < 4.78 is 52.2. The highest BCUT2D eigenvalue weighted by Crippen LogP contribution is 2.43. The Kier molecular flexibility index (Phi) is 7.09. The van der Waals surface area contributed by atoms with Gasteiger partial charge in [0.05, 0.1) is 24.7 Å². The normalized spacial score (nSPS) is 12.0. The summed E-state index contributed by atoms with van der Waals surface area (Å²) in [5, 5.41) is 0. The second-order valence-electron chi connectivity index (χ2n) is 9.52. The fraction of sp³-hybridized carbons (Fsp3) is 0.0938. The van der Waals surface area contributed by atoms with Crippen molar-refractivity contribution in [2.24, 2.45) is 0 Å². The minimum absolute atomic E-state index is 0.146. The molecule has 0 aliphatic carbocycles. The Hall–Kier alpha value is -4.45. The molecule has 0 unspecified atom stereocenters. The molecule has 0 atom stereocenters. The summed E-state index contributed by atoms with van der Waals surface area (Å²) in [6, 6.07) is 29.9. The predicted molar refractivity (Wildman–Crippen MR) is 162 cm³/mol. The first-order chi connectivity index (χ1) is 20.2. The van der Waals surface area contributed by atoms with Crippen LogP contribution in [0.1, 0.15) is 22.4 Å². The van der Waals surface area contributed by atoms with Crippen molar-refractivity contribution in [2.75, 3.05) is 7.11 Å². The zero-order valence-corrected chi connectivity index (χ0v) is 24.2. The third-order valence-electron chi connectivity index (χ3n) is 7.18. The first kappa shape index (κ1) is 27.7. The van der Waals surface area contributed by atoms with Crippen LogP contribution in [0.5, 0.6) is 5.75 Å². The topological polar surface area (TPSA) is 61.4 Å². The Morgan fingerprint density at radius 2 is 1.48 bits per heavy atom. The maximum absolute atomic E-state index is 14.4. The third-order valence-corrected chi connectivity index (χ3v) is 8.12. The minimum atomic E-state index is -4.92. The quantitative estimate of drug-likeness (QED) is 0.140. The summed E-state index contributed by atoms with van der Waals surface area (Å²) in [4.78, 5) is 21.9. The zero-order chi connectivity index (χ0) is 29.5. The second kappa shape index (κ2) is 10.8. The van der Waals surface area contributed by atoms with Crippen molar-refractivity contribution >= 4 is 28.2 Å². The average Bonchev–Trinajstić information content (AvgIpc) is 3.48. The van der Waals surface area contributed by atoms with E-state index in [2.05, 4.69) is 32.6 Å². The molecule has 42 heavy (non-hydrogen) atoms. The van der Waals surface area contributed by atoms with Gasteiger partial charge in [0.25, 0.3) is 5.56 Å². The molecule has 3 aromatic carbocycles. The lowest BCUT2D eigenvalue weighted by atomic mass is 9.76. The number of ether oxygens (including phenoxy) is 1. The SMILES string of the molecule is COc1ccn2c(=O)c(-c3cn(C(c4ccccc4)(c4ccccc4)c4ccccc4I)cn3)c(C(F)(F)F)nc2c1. The van der Waals surface area contributed by atoms with Gasteiger partial charge >= 0.3 is 6.18 Å². The van der Waals surface area contributed by atoms with E-state index in [9.17, 15) is 18.0 Å². The summed E-state index contributed by atoms with van der Waals surface area (Å²) in [6.07, 6.45) is -0.608. The van der Waals surface area contributed by atoms with Crippen LogP contribution in [0.3, 0.4) is 0 Å². The van der Waals surface area contributed by atoms with E-state index in [1.165, 1.54) is 38.0 Å². The lowest BCUT2D eigenvalue weighted by Gasteiger charge is -2.38. The molecule has 0 aliphatic rings. The molecule has 0 bridgehead atoms. The van der Waals surface area contributed by atoms with Crippen molar-refractivity contribution in [1.82, 2.24) is 18.9 Å². The molecule has 0 aliphatic heterocycles. The summed E-state index contributed by atoms with van der Waals surface area (Å²) in [6.45, 7) is 0. The van der Waals surface area contributed by atoms with Gasteiger partial charge in [0.15, 0.2) is 5.69 Å². The Balaban J connectivity index is 1.68. The molecule has 3 heterocycles. The molecule has 10 heteroatoms. The number of hydrogen-bond acceptors (Lipinski definition) is 4. The number of aromatic nitrogens is 4. The van der Waals surface area contributed by atoms with Crippen molar-refractivity contribution in [2.45, 2.75) is 11.7 Å². The minimum Gasteiger partial charge on any atom is -0.497 e. The van der Waals surface area contributed by atoms with E-state index in [1.807, 2.05) is 84.9 Å². The molecule has 0 radical (unpaired) electrons. The van der Waals surface area contributed by atoms with Crippen LogP contribution in [0, 0.1) is 3.57 Å². The van der Waals surface area contributed by atoms with Gasteiger partial charge in [0.2, 0.25) is 0 Å². The van der Waals surface area contributed by atoms with Crippen molar-refractivity contribution < 1.29 is 17.9 Å². The smallest absolute Gasteiger partial charge is 0.434 e. The summed E-state index contributed by atoms with van der Waals surface area (Å²) in [5.74, 6) is 0.278. The summed E-state index contributed by atoms with van der Waals surface area (Å²) in [7, 11) is 1.38. The molecule has 6 nitrogen and oxygen atoms in total. The Labute approximate surface area is 252 Å². The highest BCUT2D eigenvalue weighted by Gasteiger charge is 2.42. The molecule has 3 aromatic heterocycles. The highest BCUT2D eigenvalue weighted by molar-refractivity contribution is 14.1. The Morgan fingerprint density at radius 1 is 0.857 bits per heavy atom. The first-order valence-corrected chi connectivity index (χ1v) is 13.9. The van der Waals surface area contributed by atoms with Crippen molar-refractivity contribution in [1.29, 1.82) is 0 Å². The van der Waals surface area contributed by atoms with Crippen molar-refractivity contribution in [3.8, 4) is 17.0 Å². The zero-order valence-electron chi connectivity index (χ0n) is 22.1. The molecular weight excluding hydrogens is 656 g/mol. The van der Waals surface area contributed by atoms with Crippen LogP contribution in [0.2, 0.25) is 0 Å². The van der Waals surface area contributed by atoms with E-state index in [-0.39, 0.29) is 17.1 Å². The van der Waals surface area contributed by atoms with Gasteiger partial charge < -0.3 is 9.30 Å². The van der Waals surface area contributed by atoms with E-state index >= 15 is 0 Å². The molecule has 0 spiro atoms. The lowest BCUT2D eigenvalue weighted by molar-refractivity contribution is -0.140. The van der Waals surface area contributed by atoms with Crippen LogP contribution < -0.4 is 10.3 Å². The van der Waals surface area contributed by atoms with E-state index in [0.29, 0.717) is 0 Å². The van der Waals surface area contributed by atoms with Gasteiger partial charge in [-0.3, -0.25) is 9.20 Å². The lowest BCUT2D eigenvalue weighted by Crippen LogP contribution is -2.37. The molecule has 0 amide bonds. The van der Waals surface area contributed by atoms with Crippen LogP contribution in [0.4, 0.5) is 13.2 Å². The maximum atomic E-state index is 14.4. The Bertz CT molecular complexity index is 1920. The van der Waals surface area contributed by atoms with Gasteiger partial charge in [-0.05, 0) is 45.9 Å². The fourth-order valence-corrected chi connectivity index (χ4v) is 6.12. The van der Waals surface area contributed by atoms with Crippen LogP contribution >= 0.6 is 22.6 Å². The number of pyridine rings is 1. The predicted octanol–water partition coefficient (Wildman–Crippen LogP) is 7.03. The van der Waals surface area contributed by atoms with Gasteiger partial charge in [-0.25, -0.2) is 9.97 Å². The molecule has 6 aromatic rings. The number of nitrogens with zero attached hydrogens (tertiary/aromatic N) is 4. The van der Waals surface area contributed by atoms with Crippen molar-refractivity contribution in [3.05, 3.63) is 152 Å². The van der Waals surface area contributed by atoms with E-state index in [0.717, 1.165) is 24.7 Å². The Morgan fingerprint density at radius 3 is 2.07 bits per heavy atom. The second-order valence-corrected chi connectivity index (χ2v) is 10.7. The average molecular weight is 678 g/mol. The van der Waals surface area contributed by atoms with Crippen LogP contribution in [0.15, 0.2) is 121 Å². The van der Waals surface area contributed by atoms with E-state index in [1.54, 1.807) is 4.57 Å². The largest absolute Gasteiger partial charge is 0.497 e. The molecule has 0 saturated heterocycles. The summed E-state index contributed by atoms with van der Waals surface area (Å²) >= 11 is 2.26. The molecular formula is C32H22F3IN4O2. The number of hydrogen-bond donors (Lipinski definition) is 0. The van der Waals surface area contributed by atoms with E-state index < -0.39 is 28.5 Å².